The van der Waals surface area contributed by atoms with Crippen LogP contribution in [-0.4, -0.2) is 9.13 Å². The summed E-state index contributed by atoms with van der Waals surface area (Å²) in [6.07, 6.45) is 1.69. The van der Waals surface area contributed by atoms with Gasteiger partial charge in [0.15, 0.2) is 0 Å². The van der Waals surface area contributed by atoms with Crippen LogP contribution in [0, 0.1) is 10.1 Å². The molecule has 0 unspecified atom stereocenters. The molecular weight excluding hydrogens is 262 g/mol. The molecule has 0 amide bonds. The molecule has 0 spiro atoms. The second kappa shape index (κ2) is 6.06. The standard InChI is InChI=1S/C14H11NO3S/c16-15(17)13-8-6-12(7-9-13)10-11-19(18)14-4-2-1-3-5-14/h1-11H/b11-10+/t19-/m1/s1. The summed E-state index contributed by atoms with van der Waals surface area (Å²) in [6.45, 7) is 0. The second-order valence-electron chi connectivity index (χ2n) is 3.76. The Morgan fingerprint density at radius 2 is 1.63 bits per heavy atom. The van der Waals surface area contributed by atoms with Crippen molar-refractivity contribution >= 4 is 22.6 Å². The lowest BCUT2D eigenvalue weighted by Gasteiger charge is -1.96. The lowest BCUT2D eigenvalue weighted by Crippen LogP contribution is -1.87. The zero-order chi connectivity index (χ0) is 13.7. The van der Waals surface area contributed by atoms with Crippen molar-refractivity contribution in [1.29, 1.82) is 0 Å². The van der Waals surface area contributed by atoms with E-state index in [1.54, 1.807) is 35.7 Å². The first-order valence-electron chi connectivity index (χ1n) is 5.55. The maximum absolute atomic E-state index is 11.9. The van der Waals surface area contributed by atoms with Gasteiger partial charge in [-0.25, -0.2) is 4.21 Å². The van der Waals surface area contributed by atoms with Gasteiger partial charge in [0, 0.05) is 22.4 Å². The van der Waals surface area contributed by atoms with Gasteiger partial charge in [-0.15, -0.1) is 0 Å². The Morgan fingerprint density at radius 1 is 1.00 bits per heavy atom. The van der Waals surface area contributed by atoms with Gasteiger partial charge in [-0.05, 0) is 35.9 Å². The van der Waals surface area contributed by atoms with Gasteiger partial charge in [0.05, 0.1) is 15.7 Å². The maximum atomic E-state index is 11.9. The van der Waals surface area contributed by atoms with Crippen molar-refractivity contribution in [2.75, 3.05) is 0 Å². The number of hydrogen-bond donors (Lipinski definition) is 0. The van der Waals surface area contributed by atoms with Crippen molar-refractivity contribution in [1.82, 2.24) is 0 Å². The largest absolute Gasteiger partial charge is 0.269 e. The van der Waals surface area contributed by atoms with Crippen LogP contribution in [0.5, 0.6) is 0 Å². The van der Waals surface area contributed by atoms with E-state index in [0.717, 1.165) is 10.5 Å². The van der Waals surface area contributed by atoms with Crippen molar-refractivity contribution in [3.05, 3.63) is 75.7 Å². The highest BCUT2D eigenvalue weighted by Crippen LogP contribution is 2.14. The molecule has 2 rings (SSSR count). The Hall–Kier alpha value is -2.27. The van der Waals surface area contributed by atoms with Crippen LogP contribution in [0.2, 0.25) is 0 Å². The number of nitrogens with zero attached hydrogens (tertiary/aromatic N) is 1. The Balaban J connectivity index is 2.10. The lowest BCUT2D eigenvalue weighted by atomic mass is 10.2. The fourth-order valence-corrected chi connectivity index (χ4v) is 2.34. The number of nitro benzene ring substituents is 1. The number of benzene rings is 2. The molecule has 2 aromatic carbocycles. The Bertz CT molecular complexity index is 621. The number of non-ortho nitro benzene ring substituents is 1. The molecule has 0 N–H and O–H groups in total. The minimum absolute atomic E-state index is 0.0429. The molecule has 0 fully saturated rings. The summed E-state index contributed by atoms with van der Waals surface area (Å²) < 4.78 is 11.9. The fraction of sp³-hybridized carbons (Fsp3) is 0. The predicted molar refractivity (Wildman–Crippen MR) is 75.0 cm³/mol. The Morgan fingerprint density at radius 3 is 2.21 bits per heavy atom. The van der Waals surface area contributed by atoms with Crippen LogP contribution in [0.3, 0.4) is 0 Å². The minimum atomic E-state index is -1.21. The summed E-state index contributed by atoms with van der Waals surface area (Å²) in [6, 6.07) is 15.2. The third kappa shape index (κ3) is 3.59. The highest BCUT2D eigenvalue weighted by Gasteiger charge is 2.02. The summed E-state index contributed by atoms with van der Waals surface area (Å²) in [5.41, 5.74) is 0.816. The van der Waals surface area contributed by atoms with Crippen molar-refractivity contribution in [2.24, 2.45) is 0 Å². The summed E-state index contributed by atoms with van der Waals surface area (Å²) in [5.74, 6) is 0. The topological polar surface area (TPSA) is 60.2 Å². The molecule has 0 aliphatic carbocycles. The molecule has 0 aliphatic rings. The summed E-state index contributed by atoms with van der Waals surface area (Å²) in [7, 11) is -1.21. The molecular formula is C14H11NO3S. The molecule has 1 atom stereocenters. The van der Waals surface area contributed by atoms with Gasteiger partial charge in [-0.2, -0.15) is 0 Å². The van der Waals surface area contributed by atoms with E-state index in [1.807, 2.05) is 18.2 Å². The lowest BCUT2D eigenvalue weighted by molar-refractivity contribution is -0.384. The smallest absolute Gasteiger partial charge is 0.258 e. The molecule has 0 heterocycles. The first kappa shape index (κ1) is 13.2. The number of hydrogen-bond acceptors (Lipinski definition) is 3. The van der Waals surface area contributed by atoms with E-state index in [1.165, 1.54) is 12.1 Å². The van der Waals surface area contributed by atoms with E-state index in [2.05, 4.69) is 0 Å². The van der Waals surface area contributed by atoms with Gasteiger partial charge in [-0.3, -0.25) is 10.1 Å². The normalized spacial score (nSPS) is 12.4. The molecule has 19 heavy (non-hydrogen) atoms. The molecule has 0 aromatic heterocycles. The second-order valence-corrected chi connectivity index (χ2v) is 5.10. The first-order valence-corrected chi connectivity index (χ1v) is 6.76. The van der Waals surface area contributed by atoms with E-state index >= 15 is 0 Å². The highest BCUT2D eigenvalue weighted by atomic mass is 32.2. The zero-order valence-electron chi connectivity index (χ0n) is 9.93. The summed E-state index contributed by atoms with van der Waals surface area (Å²) >= 11 is 0. The van der Waals surface area contributed by atoms with Crippen molar-refractivity contribution in [2.45, 2.75) is 4.90 Å². The fourth-order valence-electron chi connectivity index (χ4n) is 1.48. The van der Waals surface area contributed by atoms with Gasteiger partial charge in [0.1, 0.15) is 0 Å². The molecule has 0 aliphatic heterocycles. The monoisotopic (exact) mass is 273 g/mol. The first-order chi connectivity index (χ1) is 9.16. The van der Waals surface area contributed by atoms with Crippen LogP contribution < -0.4 is 0 Å². The molecule has 0 bridgehead atoms. The Kier molecular flexibility index (Phi) is 4.20. The number of nitro groups is 1. The number of rotatable bonds is 4. The zero-order valence-corrected chi connectivity index (χ0v) is 10.7. The van der Waals surface area contributed by atoms with E-state index in [9.17, 15) is 14.3 Å². The molecule has 0 radical (unpaired) electrons. The maximum Gasteiger partial charge on any atom is 0.269 e. The van der Waals surface area contributed by atoms with Gasteiger partial charge in [-0.1, -0.05) is 18.2 Å². The van der Waals surface area contributed by atoms with Crippen molar-refractivity contribution in [3.63, 3.8) is 0 Å². The minimum Gasteiger partial charge on any atom is -0.258 e. The molecule has 0 saturated heterocycles. The van der Waals surface area contributed by atoms with Crippen LogP contribution >= 0.6 is 0 Å². The highest BCUT2D eigenvalue weighted by molar-refractivity contribution is 7.88. The van der Waals surface area contributed by atoms with Crippen molar-refractivity contribution in [3.8, 4) is 0 Å². The molecule has 4 nitrogen and oxygen atoms in total. The van der Waals surface area contributed by atoms with E-state index < -0.39 is 15.7 Å². The van der Waals surface area contributed by atoms with Gasteiger partial charge >= 0.3 is 0 Å². The Labute approximate surface area is 113 Å². The van der Waals surface area contributed by atoms with E-state index in [0.29, 0.717) is 0 Å². The molecule has 5 heteroatoms. The van der Waals surface area contributed by atoms with E-state index in [4.69, 9.17) is 0 Å². The van der Waals surface area contributed by atoms with Crippen LogP contribution in [0.25, 0.3) is 6.08 Å². The predicted octanol–water partition coefficient (Wildman–Crippen LogP) is 3.37. The molecule has 2 aromatic rings. The third-order valence-corrected chi connectivity index (χ3v) is 3.58. The summed E-state index contributed by atoms with van der Waals surface area (Å²) in [4.78, 5) is 10.8. The molecule has 96 valence electrons. The van der Waals surface area contributed by atoms with Gasteiger partial charge in [0.25, 0.3) is 5.69 Å². The van der Waals surface area contributed by atoms with Gasteiger partial charge < -0.3 is 0 Å². The van der Waals surface area contributed by atoms with Crippen LogP contribution in [0.1, 0.15) is 5.56 Å². The average molecular weight is 273 g/mol. The quantitative estimate of drug-likeness (QED) is 0.633. The van der Waals surface area contributed by atoms with Gasteiger partial charge in [0.2, 0.25) is 0 Å². The average Bonchev–Trinajstić information content (AvgIpc) is 2.46. The van der Waals surface area contributed by atoms with Crippen molar-refractivity contribution < 1.29 is 9.13 Å². The summed E-state index contributed by atoms with van der Waals surface area (Å²) in [5, 5.41) is 12.1. The SMILES string of the molecule is O=[N+]([O-])c1ccc(/C=C/[S@@](=O)c2ccccc2)cc1. The van der Waals surface area contributed by atoms with E-state index in [-0.39, 0.29) is 5.69 Å². The van der Waals surface area contributed by atoms with Crippen LogP contribution in [-0.2, 0) is 10.8 Å². The van der Waals surface area contributed by atoms with Crippen LogP contribution in [0.4, 0.5) is 5.69 Å². The van der Waals surface area contributed by atoms with Crippen LogP contribution in [0.15, 0.2) is 64.9 Å². The molecule has 0 saturated carbocycles. The third-order valence-electron chi connectivity index (χ3n) is 2.46.